The highest BCUT2D eigenvalue weighted by Gasteiger charge is 2.23. The molecule has 1 aliphatic heterocycles. The predicted octanol–water partition coefficient (Wildman–Crippen LogP) is -0.337. The number of aliphatic hydroxyl groups excluding tert-OH is 1. The van der Waals surface area contributed by atoms with E-state index in [9.17, 15) is 0 Å². The largest absolute Gasteiger partial charge is 0.396 e. The van der Waals surface area contributed by atoms with Gasteiger partial charge < -0.3 is 15.6 Å². The van der Waals surface area contributed by atoms with Crippen LogP contribution >= 0.6 is 0 Å². The van der Waals surface area contributed by atoms with Crippen LogP contribution in [0.3, 0.4) is 0 Å². The van der Waals surface area contributed by atoms with Gasteiger partial charge in [-0.1, -0.05) is 6.92 Å². The van der Waals surface area contributed by atoms with Crippen molar-refractivity contribution in [2.24, 2.45) is 11.7 Å². The normalized spacial score (nSPS) is 28.7. The highest BCUT2D eigenvalue weighted by atomic mass is 16.5. The summed E-state index contributed by atoms with van der Waals surface area (Å²) in [6.07, 6.45) is 0.148. The highest BCUT2D eigenvalue weighted by molar-refractivity contribution is 4.78. The lowest BCUT2D eigenvalue weighted by molar-refractivity contribution is -0.0429. The molecule has 0 spiro atoms. The molecule has 0 aromatic carbocycles. The van der Waals surface area contributed by atoms with E-state index in [0.717, 1.165) is 26.2 Å². The minimum atomic E-state index is 0.0854. The molecule has 1 rings (SSSR count). The maximum absolute atomic E-state index is 8.96. The molecule has 1 heterocycles. The topological polar surface area (TPSA) is 58.7 Å². The summed E-state index contributed by atoms with van der Waals surface area (Å²) >= 11 is 0. The first-order valence-corrected chi connectivity index (χ1v) is 5.34. The molecular formula is C10H22N2O2. The molecular weight excluding hydrogens is 180 g/mol. The zero-order valence-corrected chi connectivity index (χ0v) is 9.15. The molecule has 0 bridgehead atoms. The summed E-state index contributed by atoms with van der Waals surface area (Å²) in [4.78, 5) is 2.32. The van der Waals surface area contributed by atoms with E-state index in [-0.39, 0.29) is 18.8 Å². The Morgan fingerprint density at radius 1 is 1.57 bits per heavy atom. The van der Waals surface area contributed by atoms with Crippen LogP contribution in [0.2, 0.25) is 0 Å². The van der Waals surface area contributed by atoms with Gasteiger partial charge in [-0.15, -0.1) is 0 Å². The van der Waals surface area contributed by atoms with E-state index >= 15 is 0 Å². The van der Waals surface area contributed by atoms with E-state index in [1.165, 1.54) is 0 Å². The first kappa shape index (κ1) is 11.9. The van der Waals surface area contributed by atoms with Crippen molar-refractivity contribution in [3.05, 3.63) is 0 Å². The van der Waals surface area contributed by atoms with Crippen LogP contribution in [-0.2, 0) is 4.74 Å². The Labute approximate surface area is 86.0 Å². The number of nitrogens with two attached hydrogens (primary N) is 1. The van der Waals surface area contributed by atoms with Gasteiger partial charge in [0.1, 0.15) is 0 Å². The van der Waals surface area contributed by atoms with Gasteiger partial charge in [0, 0.05) is 32.3 Å². The van der Waals surface area contributed by atoms with Crippen molar-refractivity contribution in [1.82, 2.24) is 4.90 Å². The van der Waals surface area contributed by atoms with E-state index in [0.29, 0.717) is 5.92 Å². The summed E-state index contributed by atoms with van der Waals surface area (Å²) in [5.41, 5.74) is 5.79. The number of ether oxygens (including phenoxy) is 1. The van der Waals surface area contributed by atoms with E-state index in [1.807, 2.05) is 6.92 Å². The molecule has 84 valence electrons. The smallest absolute Gasteiger partial charge is 0.0850 e. The minimum absolute atomic E-state index is 0.0854. The summed E-state index contributed by atoms with van der Waals surface area (Å²) in [6, 6.07) is 0.0854. The zero-order chi connectivity index (χ0) is 10.6. The van der Waals surface area contributed by atoms with Gasteiger partial charge in [0.25, 0.3) is 0 Å². The van der Waals surface area contributed by atoms with Crippen molar-refractivity contribution in [1.29, 1.82) is 0 Å². The average Bonchev–Trinajstić information content (AvgIpc) is 2.18. The van der Waals surface area contributed by atoms with Gasteiger partial charge in [0.2, 0.25) is 0 Å². The van der Waals surface area contributed by atoms with E-state index in [1.54, 1.807) is 0 Å². The molecule has 0 radical (unpaired) electrons. The number of hydrogen-bond acceptors (Lipinski definition) is 4. The molecule has 4 nitrogen and oxygen atoms in total. The van der Waals surface area contributed by atoms with Gasteiger partial charge >= 0.3 is 0 Å². The molecule has 0 aromatic rings. The second kappa shape index (κ2) is 5.66. The number of morpholine rings is 1. The van der Waals surface area contributed by atoms with Crippen LogP contribution in [0.5, 0.6) is 0 Å². The predicted molar refractivity (Wildman–Crippen MR) is 56.1 cm³/mol. The summed E-state index contributed by atoms with van der Waals surface area (Å²) < 4.78 is 5.56. The molecule has 0 saturated carbocycles. The summed E-state index contributed by atoms with van der Waals surface area (Å²) in [5, 5.41) is 8.96. The monoisotopic (exact) mass is 202 g/mol. The van der Waals surface area contributed by atoms with E-state index < -0.39 is 0 Å². The number of nitrogens with zero attached hydrogens (tertiary/aromatic N) is 1. The first-order chi connectivity index (χ1) is 6.63. The second-order valence-corrected chi connectivity index (χ2v) is 4.32. The average molecular weight is 202 g/mol. The molecule has 0 aromatic heterocycles. The lowest BCUT2D eigenvalue weighted by Gasteiger charge is -2.35. The Morgan fingerprint density at radius 2 is 2.29 bits per heavy atom. The van der Waals surface area contributed by atoms with Crippen molar-refractivity contribution < 1.29 is 9.84 Å². The van der Waals surface area contributed by atoms with Crippen molar-refractivity contribution >= 4 is 0 Å². The first-order valence-electron chi connectivity index (χ1n) is 5.34. The van der Waals surface area contributed by atoms with Gasteiger partial charge in [-0.05, 0) is 12.8 Å². The molecule has 0 amide bonds. The van der Waals surface area contributed by atoms with E-state index in [2.05, 4.69) is 11.8 Å². The molecule has 4 heteroatoms. The third-order valence-corrected chi connectivity index (χ3v) is 2.65. The van der Waals surface area contributed by atoms with Crippen molar-refractivity contribution in [3.8, 4) is 0 Å². The zero-order valence-electron chi connectivity index (χ0n) is 9.15. The fourth-order valence-corrected chi connectivity index (χ4v) is 1.71. The SMILES string of the molecule is CC(CO)CN1CCOC(C(C)N)C1. The van der Waals surface area contributed by atoms with Crippen molar-refractivity contribution in [2.45, 2.75) is 26.0 Å². The Balaban J connectivity index is 2.32. The molecule has 1 fully saturated rings. The Hall–Kier alpha value is -0.160. The fourth-order valence-electron chi connectivity index (χ4n) is 1.71. The maximum atomic E-state index is 8.96. The van der Waals surface area contributed by atoms with Gasteiger partial charge in [-0.2, -0.15) is 0 Å². The molecule has 3 unspecified atom stereocenters. The van der Waals surface area contributed by atoms with Crippen LogP contribution in [0.4, 0.5) is 0 Å². The van der Waals surface area contributed by atoms with Crippen LogP contribution in [0, 0.1) is 5.92 Å². The van der Waals surface area contributed by atoms with Crippen molar-refractivity contribution in [2.75, 3.05) is 32.8 Å². The van der Waals surface area contributed by atoms with Crippen LogP contribution in [0.15, 0.2) is 0 Å². The van der Waals surface area contributed by atoms with Gasteiger partial charge in [0.15, 0.2) is 0 Å². The van der Waals surface area contributed by atoms with Gasteiger partial charge in [0.05, 0.1) is 12.7 Å². The number of hydrogen-bond donors (Lipinski definition) is 2. The minimum Gasteiger partial charge on any atom is -0.396 e. The Morgan fingerprint density at radius 3 is 2.86 bits per heavy atom. The molecule has 3 N–H and O–H groups in total. The summed E-state index contributed by atoms with van der Waals surface area (Å²) in [6.45, 7) is 7.81. The van der Waals surface area contributed by atoms with Gasteiger partial charge in [-0.3, -0.25) is 4.90 Å². The van der Waals surface area contributed by atoms with Crippen molar-refractivity contribution in [3.63, 3.8) is 0 Å². The molecule has 1 saturated heterocycles. The van der Waals surface area contributed by atoms with Crippen LogP contribution in [0.1, 0.15) is 13.8 Å². The van der Waals surface area contributed by atoms with Crippen LogP contribution < -0.4 is 5.73 Å². The Bertz CT molecular complexity index is 164. The van der Waals surface area contributed by atoms with Crippen LogP contribution in [-0.4, -0.2) is 55.0 Å². The van der Waals surface area contributed by atoms with E-state index in [4.69, 9.17) is 15.6 Å². The lowest BCUT2D eigenvalue weighted by Crippen LogP contribution is -2.50. The standard InChI is InChI=1S/C10H22N2O2/c1-8(7-13)5-12-3-4-14-10(6-12)9(2)11/h8-10,13H,3-7,11H2,1-2H3. The highest BCUT2D eigenvalue weighted by Crippen LogP contribution is 2.09. The fraction of sp³-hybridized carbons (Fsp3) is 1.00. The Kier molecular flexibility index (Phi) is 4.81. The third kappa shape index (κ3) is 3.53. The maximum Gasteiger partial charge on any atom is 0.0850 e. The number of aliphatic hydroxyl groups is 1. The molecule has 0 aliphatic carbocycles. The number of rotatable bonds is 4. The molecule has 1 aliphatic rings. The summed E-state index contributed by atoms with van der Waals surface area (Å²) in [5.74, 6) is 0.335. The lowest BCUT2D eigenvalue weighted by atomic mass is 10.1. The van der Waals surface area contributed by atoms with Crippen LogP contribution in [0.25, 0.3) is 0 Å². The molecule has 14 heavy (non-hydrogen) atoms. The summed E-state index contributed by atoms with van der Waals surface area (Å²) in [7, 11) is 0. The van der Waals surface area contributed by atoms with Gasteiger partial charge in [-0.25, -0.2) is 0 Å². The molecule has 3 atom stereocenters. The quantitative estimate of drug-likeness (QED) is 0.655. The third-order valence-electron chi connectivity index (χ3n) is 2.65. The second-order valence-electron chi connectivity index (χ2n) is 4.32.